The first-order chi connectivity index (χ1) is 8.49. The van der Waals surface area contributed by atoms with Gasteiger partial charge in [-0.2, -0.15) is 0 Å². The van der Waals surface area contributed by atoms with Gasteiger partial charge in [-0.05, 0) is 60.4 Å². The predicted octanol–water partition coefficient (Wildman–Crippen LogP) is 3.37. The lowest BCUT2D eigenvalue weighted by Crippen LogP contribution is -1.97. The maximum atomic E-state index is 10.9. The molecule has 0 unspecified atom stereocenters. The molecule has 0 aliphatic rings. The van der Waals surface area contributed by atoms with Crippen molar-refractivity contribution in [1.29, 1.82) is 0 Å². The number of aromatic hydroxyl groups is 1. The Labute approximate surface area is 105 Å². The van der Waals surface area contributed by atoms with E-state index in [2.05, 4.69) is 0 Å². The van der Waals surface area contributed by atoms with Crippen molar-refractivity contribution in [3.63, 3.8) is 0 Å². The zero-order chi connectivity index (χ0) is 13.3. The van der Waals surface area contributed by atoms with Crippen molar-refractivity contribution in [2.45, 2.75) is 13.8 Å². The number of phenols is 1. The Balaban J connectivity index is 2.51. The Morgan fingerprint density at radius 2 is 1.72 bits per heavy atom. The summed E-state index contributed by atoms with van der Waals surface area (Å²) in [7, 11) is 0. The van der Waals surface area contributed by atoms with Gasteiger partial charge in [0.05, 0.1) is 5.56 Å². The SMILES string of the molecule is Cc1cc(-c2ccc(C(=O)O)cc2C)ccc1O. The molecule has 0 spiro atoms. The number of aromatic carboxylic acids is 1. The summed E-state index contributed by atoms with van der Waals surface area (Å²) in [6.45, 7) is 3.71. The van der Waals surface area contributed by atoms with E-state index in [1.165, 1.54) is 0 Å². The topological polar surface area (TPSA) is 57.5 Å². The number of carboxylic acid groups (broad SMARTS) is 1. The van der Waals surface area contributed by atoms with Gasteiger partial charge in [-0.3, -0.25) is 0 Å². The molecule has 2 aromatic rings. The van der Waals surface area contributed by atoms with Crippen LogP contribution in [0.15, 0.2) is 36.4 Å². The Kier molecular flexibility index (Phi) is 3.06. The maximum Gasteiger partial charge on any atom is 0.335 e. The van der Waals surface area contributed by atoms with Crippen LogP contribution in [0.4, 0.5) is 0 Å². The summed E-state index contributed by atoms with van der Waals surface area (Å²) in [6, 6.07) is 10.4. The van der Waals surface area contributed by atoms with E-state index in [1.54, 1.807) is 24.3 Å². The lowest BCUT2D eigenvalue weighted by Gasteiger charge is -2.09. The van der Waals surface area contributed by atoms with E-state index in [4.69, 9.17) is 5.11 Å². The van der Waals surface area contributed by atoms with Gasteiger partial charge >= 0.3 is 5.97 Å². The van der Waals surface area contributed by atoms with Gasteiger partial charge in [0, 0.05) is 0 Å². The van der Waals surface area contributed by atoms with E-state index >= 15 is 0 Å². The van der Waals surface area contributed by atoms with Crippen LogP contribution in [0.5, 0.6) is 5.75 Å². The highest BCUT2D eigenvalue weighted by Crippen LogP contribution is 2.28. The highest BCUT2D eigenvalue weighted by Gasteiger charge is 2.08. The average Bonchev–Trinajstić information content (AvgIpc) is 2.32. The van der Waals surface area contributed by atoms with Gasteiger partial charge in [-0.1, -0.05) is 12.1 Å². The lowest BCUT2D eigenvalue weighted by molar-refractivity contribution is 0.0697. The van der Waals surface area contributed by atoms with Crippen LogP contribution in [0.3, 0.4) is 0 Å². The third-order valence-electron chi connectivity index (χ3n) is 2.98. The maximum absolute atomic E-state index is 10.9. The zero-order valence-corrected chi connectivity index (χ0v) is 10.3. The molecule has 2 rings (SSSR count). The summed E-state index contributed by atoms with van der Waals surface area (Å²) in [5.74, 6) is -0.662. The summed E-state index contributed by atoms with van der Waals surface area (Å²) in [5, 5.41) is 18.4. The van der Waals surface area contributed by atoms with E-state index in [0.29, 0.717) is 0 Å². The molecule has 0 aromatic heterocycles. The standard InChI is InChI=1S/C15H14O3/c1-9-7-12(15(17)18)3-5-13(9)11-4-6-14(16)10(2)8-11/h3-8,16H,1-2H3,(H,17,18). The number of rotatable bonds is 2. The predicted molar refractivity (Wildman–Crippen MR) is 70.0 cm³/mol. The molecule has 3 heteroatoms. The van der Waals surface area contributed by atoms with Gasteiger partial charge in [0.2, 0.25) is 0 Å². The van der Waals surface area contributed by atoms with Crippen molar-refractivity contribution in [1.82, 2.24) is 0 Å². The number of benzene rings is 2. The Morgan fingerprint density at radius 3 is 2.28 bits per heavy atom. The minimum Gasteiger partial charge on any atom is -0.508 e. The molecular weight excluding hydrogens is 228 g/mol. The monoisotopic (exact) mass is 242 g/mol. The number of carboxylic acids is 1. The van der Waals surface area contributed by atoms with Gasteiger partial charge < -0.3 is 10.2 Å². The largest absolute Gasteiger partial charge is 0.508 e. The van der Waals surface area contributed by atoms with Gasteiger partial charge in [0.15, 0.2) is 0 Å². The van der Waals surface area contributed by atoms with Crippen molar-refractivity contribution in [3.05, 3.63) is 53.1 Å². The molecule has 0 atom stereocenters. The number of hydrogen-bond donors (Lipinski definition) is 2. The second kappa shape index (κ2) is 4.53. The fraction of sp³-hybridized carbons (Fsp3) is 0.133. The van der Waals surface area contributed by atoms with Crippen LogP contribution in [-0.2, 0) is 0 Å². The Bertz CT molecular complexity index is 615. The molecule has 3 nitrogen and oxygen atoms in total. The zero-order valence-electron chi connectivity index (χ0n) is 10.3. The van der Waals surface area contributed by atoms with Crippen LogP contribution < -0.4 is 0 Å². The number of hydrogen-bond acceptors (Lipinski definition) is 2. The Hall–Kier alpha value is -2.29. The molecule has 0 amide bonds. The summed E-state index contributed by atoms with van der Waals surface area (Å²) in [5.41, 5.74) is 3.93. The highest BCUT2D eigenvalue weighted by atomic mass is 16.4. The van der Waals surface area contributed by atoms with Gasteiger partial charge in [-0.25, -0.2) is 4.79 Å². The highest BCUT2D eigenvalue weighted by molar-refractivity contribution is 5.89. The second-order valence-corrected chi connectivity index (χ2v) is 4.34. The Morgan fingerprint density at radius 1 is 1.00 bits per heavy atom. The van der Waals surface area contributed by atoms with Gasteiger partial charge in [-0.15, -0.1) is 0 Å². The number of carbonyl (C=O) groups is 1. The smallest absolute Gasteiger partial charge is 0.335 e. The first-order valence-corrected chi connectivity index (χ1v) is 5.63. The molecule has 18 heavy (non-hydrogen) atoms. The fourth-order valence-corrected chi connectivity index (χ4v) is 1.94. The normalized spacial score (nSPS) is 10.3. The van der Waals surface area contributed by atoms with Crippen LogP contribution in [0, 0.1) is 13.8 Å². The molecule has 0 bridgehead atoms. The van der Waals surface area contributed by atoms with E-state index in [9.17, 15) is 9.90 Å². The first kappa shape index (κ1) is 12.2. The minimum atomic E-state index is -0.925. The second-order valence-electron chi connectivity index (χ2n) is 4.34. The molecule has 0 aliphatic heterocycles. The van der Waals surface area contributed by atoms with E-state index < -0.39 is 5.97 Å². The van der Waals surface area contributed by atoms with E-state index in [-0.39, 0.29) is 11.3 Å². The van der Waals surface area contributed by atoms with Crippen LogP contribution >= 0.6 is 0 Å². The first-order valence-electron chi connectivity index (χ1n) is 5.63. The molecule has 0 heterocycles. The van der Waals surface area contributed by atoms with Crippen LogP contribution in [0.2, 0.25) is 0 Å². The molecule has 2 N–H and O–H groups in total. The molecule has 0 saturated heterocycles. The average molecular weight is 242 g/mol. The minimum absolute atomic E-state index is 0.263. The van der Waals surface area contributed by atoms with Crippen LogP contribution in [0.25, 0.3) is 11.1 Å². The summed E-state index contributed by atoms with van der Waals surface area (Å²) in [4.78, 5) is 10.9. The summed E-state index contributed by atoms with van der Waals surface area (Å²) in [6.07, 6.45) is 0. The molecule has 0 saturated carbocycles. The molecule has 2 aromatic carbocycles. The molecule has 0 fully saturated rings. The summed E-state index contributed by atoms with van der Waals surface area (Å²) < 4.78 is 0. The third kappa shape index (κ3) is 2.20. The van der Waals surface area contributed by atoms with Crippen LogP contribution in [0.1, 0.15) is 21.5 Å². The van der Waals surface area contributed by atoms with Gasteiger partial charge in [0.1, 0.15) is 5.75 Å². The quantitative estimate of drug-likeness (QED) is 0.848. The van der Waals surface area contributed by atoms with Crippen molar-refractivity contribution >= 4 is 5.97 Å². The fourth-order valence-electron chi connectivity index (χ4n) is 1.94. The number of aryl methyl sites for hydroxylation is 2. The van der Waals surface area contributed by atoms with Crippen molar-refractivity contribution < 1.29 is 15.0 Å². The van der Waals surface area contributed by atoms with E-state index in [0.717, 1.165) is 22.3 Å². The third-order valence-corrected chi connectivity index (χ3v) is 2.98. The van der Waals surface area contributed by atoms with Crippen molar-refractivity contribution in [3.8, 4) is 16.9 Å². The molecule has 92 valence electrons. The molecule has 0 radical (unpaired) electrons. The summed E-state index contributed by atoms with van der Waals surface area (Å²) >= 11 is 0. The molecule has 0 aliphatic carbocycles. The van der Waals surface area contributed by atoms with Crippen molar-refractivity contribution in [2.24, 2.45) is 0 Å². The number of phenolic OH excluding ortho intramolecular Hbond substituents is 1. The van der Waals surface area contributed by atoms with Crippen molar-refractivity contribution in [2.75, 3.05) is 0 Å². The molecular formula is C15H14O3. The van der Waals surface area contributed by atoms with E-state index in [1.807, 2.05) is 26.0 Å². The lowest BCUT2D eigenvalue weighted by atomic mass is 9.97. The van der Waals surface area contributed by atoms with Crippen LogP contribution in [-0.4, -0.2) is 16.2 Å². The van der Waals surface area contributed by atoms with Gasteiger partial charge in [0.25, 0.3) is 0 Å².